The van der Waals surface area contributed by atoms with Crippen molar-refractivity contribution in [1.82, 2.24) is 0 Å². The van der Waals surface area contributed by atoms with Crippen LogP contribution in [-0.2, 0) is 16.9 Å². The van der Waals surface area contributed by atoms with Crippen LogP contribution in [0.2, 0.25) is 0 Å². The quantitative estimate of drug-likeness (QED) is 0.226. The van der Waals surface area contributed by atoms with Gasteiger partial charge in [0.05, 0.1) is 4.75 Å². The summed E-state index contributed by atoms with van der Waals surface area (Å²) in [5, 5.41) is 2.55. The highest BCUT2D eigenvalue weighted by molar-refractivity contribution is 7.99. The molecule has 0 bridgehead atoms. The van der Waals surface area contributed by atoms with Crippen LogP contribution >= 0.6 is 11.8 Å². The van der Waals surface area contributed by atoms with Crippen LogP contribution in [0, 0.1) is 0 Å². The Morgan fingerprint density at radius 2 is 1.06 bits per heavy atom. The molecule has 0 aliphatic heterocycles. The van der Waals surface area contributed by atoms with E-state index in [4.69, 9.17) is 0 Å². The van der Waals surface area contributed by atoms with Crippen LogP contribution < -0.4 is 0 Å². The number of hydrogen-bond acceptors (Lipinski definition) is 1. The minimum absolute atomic E-state index is 0.310. The van der Waals surface area contributed by atoms with Crippen molar-refractivity contribution in [2.45, 2.75) is 23.8 Å². The van der Waals surface area contributed by atoms with Crippen molar-refractivity contribution in [3.8, 4) is 0 Å². The SMILES string of the molecule is CCc1ccc(CSC(c2ccccc2)(c2ccccc2)c2ccc3ccccc3c2)cc1. The van der Waals surface area contributed by atoms with Crippen LogP contribution in [0.15, 0.2) is 127 Å². The topological polar surface area (TPSA) is 0 Å². The van der Waals surface area contributed by atoms with Gasteiger partial charge < -0.3 is 0 Å². The van der Waals surface area contributed by atoms with Gasteiger partial charge in [0.15, 0.2) is 0 Å². The Kier molecular flexibility index (Phi) is 6.32. The van der Waals surface area contributed by atoms with Gasteiger partial charge in [-0.15, -0.1) is 11.8 Å². The first kappa shape index (κ1) is 21.6. The summed E-state index contributed by atoms with van der Waals surface area (Å²) in [6, 6.07) is 46.6. The molecular weight excluding hydrogens is 416 g/mol. The van der Waals surface area contributed by atoms with Gasteiger partial charge in [0.25, 0.3) is 0 Å². The molecule has 0 N–H and O–H groups in total. The fraction of sp³-hybridized carbons (Fsp3) is 0.125. The second-order valence-electron chi connectivity index (χ2n) is 8.43. The Morgan fingerprint density at radius 1 is 0.515 bits per heavy atom. The van der Waals surface area contributed by atoms with Crippen molar-refractivity contribution in [2.75, 3.05) is 0 Å². The van der Waals surface area contributed by atoms with Gasteiger partial charge in [-0.05, 0) is 51.1 Å². The molecule has 0 fully saturated rings. The summed E-state index contributed by atoms with van der Waals surface area (Å²) in [6.07, 6.45) is 1.07. The van der Waals surface area contributed by atoms with Crippen molar-refractivity contribution in [3.63, 3.8) is 0 Å². The third-order valence-corrected chi connectivity index (χ3v) is 8.02. The minimum Gasteiger partial charge on any atom is -0.136 e. The van der Waals surface area contributed by atoms with Crippen LogP contribution in [-0.4, -0.2) is 0 Å². The van der Waals surface area contributed by atoms with Gasteiger partial charge in [0.1, 0.15) is 0 Å². The first-order valence-corrected chi connectivity index (χ1v) is 12.6. The Bertz CT molecular complexity index is 1280. The van der Waals surface area contributed by atoms with E-state index in [0.717, 1.165) is 12.2 Å². The van der Waals surface area contributed by atoms with Gasteiger partial charge in [-0.25, -0.2) is 0 Å². The lowest BCUT2D eigenvalue weighted by Gasteiger charge is -2.36. The Morgan fingerprint density at radius 3 is 1.67 bits per heavy atom. The molecule has 0 saturated carbocycles. The van der Waals surface area contributed by atoms with E-state index in [1.54, 1.807) is 0 Å². The molecule has 0 nitrogen and oxygen atoms in total. The van der Waals surface area contributed by atoms with Gasteiger partial charge in [-0.3, -0.25) is 0 Å². The molecule has 0 aromatic heterocycles. The molecule has 1 heteroatoms. The van der Waals surface area contributed by atoms with Crippen molar-refractivity contribution < 1.29 is 0 Å². The molecule has 0 saturated heterocycles. The van der Waals surface area contributed by atoms with E-state index in [9.17, 15) is 0 Å². The smallest absolute Gasteiger partial charge is 0.0910 e. The lowest BCUT2D eigenvalue weighted by atomic mass is 9.83. The zero-order chi connectivity index (χ0) is 22.5. The maximum absolute atomic E-state index is 2.38. The van der Waals surface area contributed by atoms with Crippen LogP contribution in [0.4, 0.5) is 0 Å². The molecule has 5 aromatic carbocycles. The van der Waals surface area contributed by atoms with Gasteiger partial charge in [0.2, 0.25) is 0 Å². The maximum atomic E-state index is 2.38. The Balaban J connectivity index is 1.69. The number of fused-ring (bicyclic) bond motifs is 1. The fourth-order valence-electron chi connectivity index (χ4n) is 4.57. The summed E-state index contributed by atoms with van der Waals surface area (Å²) >= 11 is 2.00. The molecule has 0 aliphatic carbocycles. The molecule has 162 valence electrons. The highest BCUT2D eigenvalue weighted by Gasteiger charge is 2.37. The molecular formula is C32H28S. The molecule has 0 aliphatic rings. The predicted octanol–water partition coefficient (Wildman–Crippen LogP) is 8.63. The number of aryl methyl sites for hydroxylation is 1. The number of thioether (sulfide) groups is 1. The first-order chi connectivity index (χ1) is 16.3. The van der Waals surface area contributed by atoms with Crippen LogP contribution in [0.5, 0.6) is 0 Å². The molecule has 5 rings (SSSR count). The monoisotopic (exact) mass is 444 g/mol. The highest BCUT2D eigenvalue weighted by Crippen LogP contribution is 2.50. The third kappa shape index (κ3) is 4.34. The highest BCUT2D eigenvalue weighted by atomic mass is 32.2. The van der Waals surface area contributed by atoms with E-state index in [2.05, 4.69) is 134 Å². The Labute approximate surface area is 201 Å². The van der Waals surface area contributed by atoms with Crippen LogP contribution in [0.1, 0.15) is 34.7 Å². The molecule has 33 heavy (non-hydrogen) atoms. The average molecular weight is 445 g/mol. The molecule has 5 aromatic rings. The van der Waals surface area contributed by atoms with E-state index in [1.165, 1.54) is 38.6 Å². The van der Waals surface area contributed by atoms with E-state index in [1.807, 2.05) is 11.8 Å². The number of hydrogen-bond donors (Lipinski definition) is 0. The zero-order valence-corrected chi connectivity index (χ0v) is 19.8. The second-order valence-corrected chi connectivity index (χ2v) is 9.62. The lowest BCUT2D eigenvalue weighted by Crippen LogP contribution is -2.26. The van der Waals surface area contributed by atoms with Crippen molar-refractivity contribution in [1.29, 1.82) is 0 Å². The van der Waals surface area contributed by atoms with Crippen LogP contribution in [0.25, 0.3) is 10.8 Å². The molecule has 0 spiro atoms. The van der Waals surface area contributed by atoms with Gasteiger partial charge >= 0.3 is 0 Å². The van der Waals surface area contributed by atoms with E-state index in [0.29, 0.717) is 0 Å². The second kappa shape index (κ2) is 9.68. The normalized spacial score (nSPS) is 11.5. The fourth-order valence-corrected chi connectivity index (χ4v) is 6.04. The van der Waals surface area contributed by atoms with Gasteiger partial charge in [-0.2, -0.15) is 0 Å². The molecule has 0 heterocycles. The summed E-state index contributed by atoms with van der Waals surface area (Å²) in [7, 11) is 0. The van der Waals surface area contributed by atoms with Gasteiger partial charge in [0, 0.05) is 5.75 Å². The number of rotatable bonds is 7. The van der Waals surface area contributed by atoms with E-state index in [-0.39, 0.29) is 4.75 Å². The van der Waals surface area contributed by atoms with Crippen LogP contribution in [0.3, 0.4) is 0 Å². The molecule has 0 amide bonds. The van der Waals surface area contributed by atoms with Crippen molar-refractivity contribution in [3.05, 3.63) is 155 Å². The van der Waals surface area contributed by atoms with E-state index >= 15 is 0 Å². The lowest BCUT2D eigenvalue weighted by molar-refractivity contribution is 0.895. The first-order valence-electron chi connectivity index (χ1n) is 11.6. The standard InChI is InChI=1S/C32H28S/c1-2-25-17-19-26(20-18-25)24-33-32(29-13-5-3-6-14-29,30-15-7-4-8-16-30)31-22-21-27-11-9-10-12-28(27)23-31/h3-23H,2,24H2,1H3. The molecule has 0 radical (unpaired) electrons. The van der Waals surface area contributed by atoms with E-state index < -0.39 is 0 Å². The summed E-state index contributed by atoms with van der Waals surface area (Å²) in [4.78, 5) is 0. The summed E-state index contributed by atoms with van der Waals surface area (Å²) in [5.74, 6) is 0.931. The Hall–Kier alpha value is -3.29. The molecule has 0 atom stereocenters. The third-order valence-electron chi connectivity index (χ3n) is 6.40. The zero-order valence-electron chi connectivity index (χ0n) is 18.9. The van der Waals surface area contributed by atoms with Crippen molar-refractivity contribution >= 4 is 22.5 Å². The summed E-state index contributed by atoms with van der Waals surface area (Å²) < 4.78 is -0.310. The van der Waals surface area contributed by atoms with Crippen molar-refractivity contribution in [2.24, 2.45) is 0 Å². The predicted molar refractivity (Wildman–Crippen MR) is 144 cm³/mol. The average Bonchev–Trinajstić information content (AvgIpc) is 2.90. The largest absolute Gasteiger partial charge is 0.136 e. The summed E-state index contributed by atoms with van der Waals surface area (Å²) in [6.45, 7) is 2.21. The minimum atomic E-state index is -0.310. The maximum Gasteiger partial charge on any atom is 0.0910 e. The molecule has 0 unspecified atom stereocenters. The van der Waals surface area contributed by atoms with Gasteiger partial charge in [-0.1, -0.05) is 128 Å². The number of benzene rings is 5. The summed E-state index contributed by atoms with van der Waals surface area (Å²) in [5.41, 5.74) is 6.67.